The molecule has 2 rings (SSSR count). The lowest BCUT2D eigenvalue weighted by atomic mass is 9.97. The molecule has 0 radical (unpaired) electrons. The molecule has 4 heteroatoms. The average molecular weight is 216 g/mol. The highest BCUT2D eigenvalue weighted by atomic mass is 15.3. The van der Waals surface area contributed by atoms with Crippen molar-refractivity contribution in [2.24, 2.45) is 12.8 Å². The van der Waals surface area contributed by atoms with Gasteiger partial charge in [-0.05, 0) is 12.5 Å². The van der Waals surface area contributed by atoms with Crippen LogP contribution in [0.4, 0.5) is 0 Å². The first kappa shape index (κ1) is 10.8. The molecule has 0 spiro atoms. The van der Waals surface area contributed by atoms with Crippen molar-refractivity contribution in [3.8, 4) is 0 Å². The van der Waals surface area contributed by atoms with Crippen molar-refractivity contribution in [3.05, 3.63) is 47.5 Å². The fourth-order valence-corrected chi connectivity index (χ4v) is 1.81. The van der Waals surface area contributed by atoms with Gasteiger partial charge in [0.2, 0.25) is 0 Å². The molecule has 84 valence electrons. The topological polar surface area (TPSA) is 56.7 Å². The molecule has 0 amide bonds. The van der Waals surface area contributed by atoms with Gasteiger partial charge in [0.25, 0.3) is 0 Å². The zero-order valence-electron chi connectivity index (χ0n) is 9.59. The number of benzene rings is 1. The lowest BCUT2D eigenvalue weighted by Crippen LogP contribution is -2.18. The molecule has 0 aliphatic carbocycles. The summed E-state index contributed by atoms with van der Waals surface area (Å²) in [6, 6.07) is 8.38. The Labute approximate surface area is 95.1 Å². The fourth-order valence-electron chi connectivity index (χ4n) is 1.81. The molecular weight excluding hydrogens is 200 g/mol. The van der Waals surface area contributed by atoms with Crippen molar-refractivity contribution in [2.75, 3.05) is 6.54 Å². The molecule has 1 aromatic heterocycles. The van der Waals surface area contributed by atoms with Gasteiger partial charge in [0, 0.05) is 13.6 Å². The monoisotopic (exact) mass is 216 g/mol. The minimum absolute atomic E-state index is 0.119. The predicted molar refractivity (Wildman–Crippen MR) is 63.1 cm³/mol. The third-order valence-electron chi connectivity index (χ3n) is 2.77. The zero-order chi connectivity index (χ0) is 11.5. The molecule has 1 aromatic carbocycles. The second kappa shape index (κ2) is 4.45. The van der Waals surface area contributed by atoms with E-state index in [2.05, 4.69) is 41.3 Å². The van der Waals surface area contributed by atoms with Crippen LogP contribution < -0.4 is 5.73 Å². The van der Waals surface area contributed by atoms with Gasteiger partial charge in [-0.3, -0.25) is 4.68 Å². The standard InChI is InChI=1S/C12H16N4/c1-9-3-5-10(6-4-9)11(7-13)12-14-8-15-16(12)2/h3-6,8,11H,7,13H2,1-2H3. The van der Waals surface area contributed by atoms with Crippen LogP contribution in [-0.4, -0.2) is 21.3 Å². The van der Waals surface area contributed by atoms with Crippen molar-refractivity contribution in [1.82, 2.24) is 14.8 Å². The van der Waals surface area contributed by atoms with E-state index >= 15 is 0 Å². The highest BCUT2D eigenvalue weighted by Gasteiger charge is 2.16. The molecule has 1 unspecified atom stereocenters. The first-order chi connectivity index (χ1) is 7.72. The molecule has 1 heterocycles. The lowest BCUT2D eigenvalue weighted by molar-refractivity contribution is 0.649. The van der Waals surface area contributed by atoms with Gasteiger partial charge in [0.15, 0.2) is 0 Å². The first-order valence-corrected chi connectivity index (χ1v) is 5.33. The normalized spacial score (nSPS) is 12.7. The van der Waals surface area contributed by atoms with Gasteiger partial charge in [-0.15, -0.1) is 0 Å². The van der Waals surface area contributed by atoms with E-state index < -0.39 is 0 Å². The van der Waals surface area contributed by atoms with E-state index in [0.29, 0.717) is 6.54 Å². The number of rotatable bonds is 3. The van der Waals surface area contributed by atoms with Crippen molar-refractivity contribution in [1.29, 1.82) is 0 Å². The van der Waals surface area contributed by atoms with Crippen LogP contribution in [0.3, 0.4) is 0 Å². The maximum absolute atomic E-state index is 5.82. The van der Waals surface area contributed by atoms with E-state index in [-0.39, 0.29) is 5.92 Å². The molecular formula is C12H16N4. The van der Waals surface area contributed by atoms with Crippen LogP contribution in [0.25, 0.3) is 0 Å². The van der Waals surface area contributed by atoms with Crippen LogP contribution in [0.2, 0.25) is 0 Å². The smallest absolute Gasteiger partial charge is 0.138 e. The van der Waals surface area contributed by atoms with E-state index in [1.807, 2.05) is 7.05 Å². The second-order valence-electron chi connectivity index (χ2n) is 3.94. The van der Waals surface area contributed by atoms with Crippen LogP contribution in [0.1, 0.15) is 22.9 Å². The van der Waals surface area contributed by atoms with Gasteiger partial charge in [0.05, 0.1) is 5.92 Å². The average Bonchev–Trinajstić information content (AvgIpc) is 2.69. The Balaban J connectivity index is 2.37. The Morgan fingerprint density at radius 3 is 2.50 bits per heavy atom. The molecule has 0 saturated carbocycles. The summed E-state index contributed by atoms with van der Waals surface area (Å²) >= 11 is 0. The number of nitrogens with zero attached hydrogens (tertiary/aromatic N) is 3. The van der Waals surface area contributed by atoms with Crippen molar-refractivity contribution < 1.29 is 0 Å². The number of hydrogen-bond donors (Lipinski definition) is 1. The Morgan fingerprint density at radius 1 is 1.31 bits per heavy atom. The maximum Gasteiger partial charge on any atom is 0.138 e. The van der Waals surface area contributed by atoms with E-state index in [4.69, 9.17) is 5.73 Å². The highest BCUT2D eigenvalue weighted by molar-refractivity contribution is 5.29. The molecule has 16 heavy (non-hydrogen) atoms. The number of nitrogens with two attached hydrogens (primary N) is 1. The second-order valence-corrected chi connectivity index (χ2v) is 3.94. The maximum atomic E-state index is 5.82. The summed E-state index contributed by atoms with van der Waals surface area (Å²) in [5.74, 6) is 1.03. The molecule has 0 fully saturated rings. The third kappa shape index (κ3) is 1.97. The summed E-state index contributed by atoms with van der Waals surface area (Å²) < 4.78 is 1.78. The van der Waals surface area contributed by atoms with E-state index in [1.54, 1.807) is 11.0 Å². The summed E-state index contributed by atoms with van der Waals surface area (Å²) in [5, 5.41) is 4.08. The zero-order valence-corrected chi connectivity index (χ0v) is 9.59. The minimum atomic E-state index is 0.119. The van der Waals surface area contributed by atoms with Gasteiger partial charge < -0.3 is 5.73 Å². The summed E-state index contributed by atoms with van der Waals surface area (Å²) in [5.41, 5.74) is 8.25. The molecule has 0 aliphatic heterocycles. The van der Waals surface area contributed by atoms with Gasteiger partial charge in [-0.1, -0.05) is 29.8 Å². The van der Waals surface area contributed by atoms with Gasteiger partial charge in [-0.25, -0.2) is 4.98 Å². The number of hydrogen-bond acceptors (Lipinski definition) is 3. The predicted octanol–water partition coefficient (Wildman–Crippen LogP) is 1.21. The van der Waals surface area contributed by atoms with Gasteiger partial charge in [0.1, 0.15) is 12.2 Å². The Hall–Kier alpha value is -1.68. The van der Waals surface area contributed by atoms with Crippen LogP contribution in [0.15, 0.2) is 30.6 Å². The Kier molecular flexibility index (Phi) is 3.01. The van der Waals surface area contributed by atoms with Crippen molar-refractivity contribution in [3.63, 3.8) is 0 Å². The minimum Gasteiger partial charge on any atom is -0.329 e. The van der Waals surface area contributed by atoms with Crippen LogP contribution in [-0.2, 0) is 7.05 Å². The molecule has 4 nitrogen and oxygen atoms in total. The summed E-state index contributed by atoms with van der Waals surface area (Å²) in [6.07, 6.45) is 1.56. The van der Waals surface area contributed by atoms with E-state index in [9.17, 15) is 0 Å². The number of aryl methyl sites for hydroxylation is 2. The van der Waals surface area contributed by atoms with Gasteiger partial charge >= 0.3 is 0 Å². The Morgan fingerprint density at radius 2 is 2.00 bits per heavy atom. The summed E-state index contributed by atoms with van der Waals surface area (Å²) in [6.45, 7) is 2.61. The van der Waals surface area contributed by atoms with Crippen molar-refractivity contribution >= 4 is 0 Å². The van der Waals surface area contributed by atoms with Crippen LogP contribution >= 0.6 is 0 Å². The molecule has 2 aromatic rings. The van der Waals surface area contributed by atoms with E-state index in [1.165, 1.54) is 11.1 Å². The summed E-state index contributed by atoms with van der Waals surface area (Å²) in [7, 11) is 1.89. The largest absolute Gasteiger partial charge is 0.329 e. The molecule has 0 bridgehead atoms. The molecule has 0 saturated heterocycles. The molecule has 0 aliphatic rings. The molecule has 1 atom stereocenters. The first-order valence-electron chi connectivity index (χ1n) is 5.33. The third-order valence-corrected chi connectivity index (χ3v) is 2.77. The quantitative estimate of drug-likeness (QED) is 0.839. The molecule has 2 N–H and O–H groups in total. The Bertz CT molecular complexity index is 458. The van der Waals surface area contributed by atoms with Crippen molar-refractivity contribution in [2.45, 2.75) is 12.8 Å². The summed E-state index contributed by atoms with van der Waals surface area (Å²) in [4.78, 5) is 4.26. The lowest BCUT2D eigenvalue weighted by Gasteiger charge is -2.14. The SMILES string of the molecule is Cc1ccc(C(CN)c2ncnn2C)cc1. The van der Waals surface area contributed by atoms with Gasteiger partial charge in [-0.2, -0.15) is 5.10 Å². The highest BCUT2D eigenvalue weighted by Crippen LogP contribution is 2.21. The number of aromatic nitrogens is 3. The van der Waals surface area contributed by atoms with Crippen LogP contribution in [0, 0.1) is 6.92 Å². The van der Waals surface area contributed by atoms with Crippen LogP contribution in [0.5, 0.6) is 0 Å². The fraction of sp³-hybridized carbons (Fsp3) is 0.333. The van der Waals surface area contributed by atoms with E-state index in [0.717, 1.165) is 5.82 Å².